The van der Waals surface area contributed by atoms with Crippen LogP contribution in [0.1, 0.15) is 110 Å². The molecule has 0 heterocycles. The van der Waals surface area contributed by atoms with Gasteiger partial charge in [-0.3, -0.25) is 0 Å². The van der Waals surface area contributed by atoms with Crippen LogP contribution in [-0.2, 0) is 0 Å². The Bertz CT molecular complexity index is 138. The molecule has 0 saturated heterocycles. The Kier molecular flexibility index (Phi) is 35.5. The van der Waals surface area contributed by atoms with Crippen LogP contribution in [0.25, 0.3) is 0 Å². The standard InChI is InChI=1S/C18H38O.2Na.2H/c1-2-3-4-5-6-7-8-9-10-11-12-13-14-15-16-17-18-19;;;;/h19H,2-18H2,1H3;;;;. The van der Waals surface area contributed by atoms with Crippen molar-refractivity contribution < 1.29 is 5.11 Å². The van der Waals surface area contributed by atoms with Gasteiger partial charge in [-0.05, 0) is 6.42 Å². The van der Waals surface area contributed by atoms with E-state index in [0.29, 0.717) is 6.61 Å². The van der Waals surface area contributed by atoms with Crippen LogP contribution in [0.5, 0.6) is 0 Å². The zero-order valence-electron chi connectivity index (χ0n) is 13.5. The molecule has 0 unspecified atom stereocenters. The molecule has 1 N–H and O–H groups in total. The minimum absolute atomic E-state index is 0. The molecular weight excluding hydrogens is 278 g/mol. The maximum atomic E-state index is 8.67. The van der Waals surface area contributed by atoms with Gasteiger partial charge in [0.15, 0.2) is 0 Å². The average molecular weight is 318 g/mol. The van der Waals surface area contributed by atoms with Gasteiger partial charge in [-0.15, -0.1) is 0 Å². The summed E-state index contributed by atoms with van der Waals surface area (Å²) in [6.45, 7) is 2.66. The van der Waals surface area contributed by atoms with Gasteiger partial charge in [0.25, 0.3) is 0 Å². The summed E-state index contributed by atoms with van der Waals surface area (Å²) in [5.41, 5.74) is 0. The zero-order chi connectivity index (χ0) is 14.0. The Balaban J connectivity index is -0.00000162. The summed E-state index contributed by atoms with van der Waals surface area (Å²) in [6, 6.07) is 0. The maximum absolute atomic E-state index is 8.67. The number of rotatable bonds is 16. The van der Waals surface area contributed by atoms with Crippen LogP contribution in [0.2, 0.25) is 0 Å². The van der Waals surface area contributed by atoms with Crippen molar-refractivity contribution in [3.8, 4) is 0 Å². The average Bonchev–Trinajstić information content (AvgIpc) is 2.43. The number of hydrogen-bond acceptors (Lipinski definition) is 1. The quantitative estimate of drug-likeness (QED) is 0.315. The van der Waals surface area contributed by atoms with Crippen LogP contribution in [0.3, 0.4) is 0 Å². The van der Waals surface area contributed by atoms with Crippen molar-refractivity contribution in [2.24, 2.45) is 0 Å². The van der Waals surface area contributed by atoms with Gasteiger partial charge >= 0.3 is 59.1 Å². The molecule has 120 valence electrons. The van der Waals surface area contributed by atoms with Crippen LogP contribution in [0, 0.1) is 0 Å². The van der Waals surface area contributed by atoms with Gasteiger partial charge in [-0.1, -0.05) is 103 Å². The van der Waals surface area contributed by atoms with Crippen molar-refractivity contribution in [2.45, 2.75) is 110 Å². The third kappa shape index (κ3) is 27.1. The molecule has 0 spiro atoms. The molecule has 0 aliphatic heterocycles. The van der Waals surface area contributed by atoms with Gasteiger partial charge in [-0.2, -0.15) is 0 Å². The minimum atomic E-state index is 0. The molecular formula is C18H40Na2O. The normalized spacial score (nSPS) is 10.0. The molecule has 0 aliphatic rings. The first-order chi connectivity index (χ1) is 9.41. The van der Waals surface area contributed by atoms with Crippen molar-refractivity contribution >= 4 is 59.1 Å². The summed E-state index contributed by atoms with van der Waals surface area (Å²) in [6.07, 6.45) is 22.2. The molecule has 0 aromatic rings. The van der Waals surface area contributed by atoms with E-state index in [1.165, 1.54) is 96.3 Å². The molecule has 3 heteroatoms. The Morgan fingerprint density at radius 1 is 0.429 bits per heavy atom. The fourth-order valence-electron chi connectivity index (χ4n) is 2.66. The number of aliphatic hydroxyl groups is 1. The third-order valence-corrected chi connectivity index (χ3v) is 4.01. The van der Waals surface area contributed by atoms with Gasteiger partial charge in [-0.25, -0.2) is 0 Å². The molecule has 0 bridgehead atoms. The topological polar surface area (TPSA) is 20.2 Å². The molecule has 0 fully saturated rings. The van der Waals surface area contributed by atoms with Crippen molar-refractivity contribution in [3.05, 3.63) is 0 Å². The van der Waals surface area contributed by atoms with E-state index in [1.54, 1.807) is 0 Å². The van der Waals surface area contributed by atoms with Gasteiger partial charge in [0.05, 0.1) is 0 Å². The van der Waals surface area contributed by atoms with E-state index >= 15 is 0 Å². The van der Waals surface area contributed by atoms with Crippen molar-refractivity contribution in [2.75, 3.05) is 6.61 Å². The SMILES string of the molecule is CCCCCCCCCCCCCCCCCCO.[NaH].[NaH]. The summed E-state index contributed by atoms with van der Waals surface area (Å²) in [5.74, 6) is 0. The van der Waals surface area contributed by atoms with Crippen LogP contribution in [-0.4, -0.2) is 70.8 Å². The molecule has 0 aliphatic carbocycles. The Morgan fingerprint density at radius 2 is 0.667 bits per heavy atom. The van der Waals surface area contributed by atoms with Gasteiger partial charge in [0, 0.05) is 6.61 Å². The molecule has 0 saturated carbocycles. The first kappa shape index (κ1) is 27.8. The van der Waals surface area contributed by atoms with Gasteiger partial charge < -0.3 is 5.11 Å². The fraction of sp³-hybridized carbons (Fsp3) is 1.00. The Hall–Kier alpha value is 1.96. The van der Waals surface area contributed by atoms with Crippen LogP contribution in [0.15, 0.2) is 0 Å². The predicted octanol–water partition coefficient (Wildman–Crippen LogP) is 4.94. The van der Waals surface area contributed by atoms with Crippen molar-refractivity contribution in [3.63, 3.8) is 0 Å². The molecule has 0 atom stereocenters. The fourth-order valence-corrected chi connectivity index (χ4v) is 2.66. The van der Waals surface area contributed by atoms with Crippen LogP contribution in [0.4, 0.5) is 0 Å². The summed E-state index contributed by atoms with van der Waals surface area (Å²) < 4.78 is 0. The second-order valence-electron chi connectivity index (χ2n) is 6.03. The predicted molar refractivity (Wildman–Crippen MR) is 101 cm³/mol. The van der Waals surface area contributed by atoms with E-state index in [-0.39, 0.29) is 59.1 Å². The van der Waals surface area contributed by atoms with Crippen LogP contribution >= 0.6 is 0 Å². The summed E-state index contributed by atoms with van der Waals surface area (Å²) in [7, 11) is 0. The van der Waals surface area contributed by atoms with Crippen molar-refractivity contribution in [1.82, 2.24) is 0 Å². The van der Waals surface area contributed by atoms with E-state index in [2.05, 4.69) is 6.92 Å². The van der Waals surface area contributed by atoms with E-state index in [4.69, 9.17) is 5.11 Å². The molecule has 0 aromatic carbocycles. The van der Waals surface area contributed by atoms with Crippen LogP contribution < -0.4 is 0 Å². The Morgan fingerprint density at radius 3 is 0.905 bits per heavy atom. The molecule has 1 nitrogen and oxygen atoms in total. The molecule has 21 heavy (non-hydrogen) atoms. The second-order valence-corrected chi connectivity index (χ2v) is 6.03. The third-order valence-electron chi connectivity index (χ3n) is 4.01. The molecule has 0 rings (SSSR count). The molecule has 0 aromatic heterocycles. The Labute approximate surface area is 179 Å². The zero-order valence-corrected chi connectivity index (χ0v) is 13.5. The first-order valence-electron chi connectivity index (χ1n) is 9.02. The number of aliphatic hydroxyl groups excluding tert-OH is 1. The van der Waals surface area contributed by atoms with Crippen molar-refractivity contribution in [1.29, 1.82) is 0 Å². The first-order valence-corrected chi connectivity index (χ1v) is 9.02. The van der Waals surface area contributed by atoms with Gasteiger partial charge in [0.1, 0.15) is 0 Å². The van der Waals surface area contributed by atoms with E-state index < -0.39 is 0 Å². The molecule has 0 radical (unpaired) electrons. The molecule has 0 amide bonds. The van der Waals surface area contributed by atoms with E-state index in [0.717, 1.165) is 6.42 Å². The number of hydrogen-bond donors (Lipinski definition) is 1. The second kappa shape index (κ2) is 26.8. The van der Waals surface area contributed by atoms with E-state index in [9.17, 15) is 0 Å². The van der Waals surface area contributed by atoms with Gasteiger partial charge in [0.2, 0.25) is 0 Å². The number of unbranched alkanes of at least 4 members (excludes halogenated alkanes) is 15. The monoisotopic (exact) mass is 318 g/mol. The summed E-state index contributed by atoms with van der Waals surface area (Å²) in [4.78, 5) is 0. The van der Waals surface area contributed by atoms with E-state index in [1.807, 2.05) is 0 Å². The summed E-state index contributed by atoms with van der Waals surface area (Å²) in [5, 5.41) is 8.67. The summed E-state index contributed by atoms with van der Waals surface area (Å²) >= 11 is 0.